The number of carbonyl (C=O) groups is 2. The largest absolute Gasteiger partial charge is 0.422 e. The third kappa shape index (κ3) is 3.39. The fourth-order valence-corrected chi connectivity index (χ4v) is 4.65. The lowest BCUT2D eigenvalue weighted by molar-refractivity contribution is 0.0988. The molecule has 0 fully saturated rings. The van der Waals surface area contributed by atoms with E-state index in [0.29, 0.717) is 22.2 Å². The van der Waals surface area contributed by atoms with Gasteiger partial charge in [-0.25, -0.2) is 4.79 Å². The van der Waals surface area contributed by atoms with Crippen LogP contribution in [-0.2, 0) is 0 Å². The molecule has 3 aromatic carbocycles. The van der Waals surface area contributed by atoms with Crippen LogP contribution in [0.2, 0.25) is 0 Å². The van der Waals surface area contributed by atoms with E-state index >= 15 is 0 Å². The molecule has 2 heterocycles. The summed E-state index contributed by atoms with van der Waals surface area (Å²) < 4.78 is 5.26. The van der Waals surface area contributed by atoms with Crippen molar-refractivity contribution in [3.63, 3.8) is 0 Å². The van der Waals surface area contributed by atoms with Gasteiger partial charge in [0.1, 0.15) is 11.1 Å². The normalized spacial score (nSPS) is 12.8. The van der Waals surface area contributed by atoms with Crippen LogP contribution in [0.5, 0.6) is 0 Å². The van der Waals surface area contributed by atoms with Crippen molar-refractivity contribution in [1.29, 1.82) is 0 Å². The van der Waals surface area contributed by atoms with Crippen LogP contribution in [0.25, 0.3) is 11.0 Å². The second-order valence-electron chi connectivity index (χ2n) is 7.08. The Hall–Kier alpha value is -3.84. The van der Waals surface area contributed by atoms with Gasteiger partial charge in [0.2, 0.25) is 0 Å². The van der Waals surface area contributed by atoms with Crippen molar-refractivity contribution in [1.82, 2.24) is 0 Å². The van der Waals surface area contributed by atoms with Crippen LogP contribution in [0, 0.1) is 0 Å². The van der Waals surface area contributed by atoms with Gasteiger partial charge < -0.3 is 14.6 Å². The van der Waals surface area contributed by atoms with E-state index < -0.39 is 11.5 Å². The van der Waals surface area contributed by atoms with Crippen molar-refractivity contribution >= 4 is 45.9 Å². The highest BCUT2D eigenvalue weighted by atomic mass is 32.2. The van der Waals surface area contributed by atoms with Gasteiger partial charge in [-0.1, -0.05) is 42.1 Å². The maximum Gasteiger partial charge on any atom is 0.349 e. The van der Waals surface area contributed by atoms with Crippen LogP contribution >= 0.6 is 11.8 Å². The minimum atomic E-state index is -0.695. The van der Waals surface area contributed by atoms with E-state index in [-0.39, 0.29) is 11.5 Å². The van der Waals surface area contributed by atoms with Gasteiger partial charge in [-0.15, -0.1) is 0 Å². The second-order valence-corrected chi connectivity index (χ2v) is 8.17. The van der Waals surface area contributed by atoms with Crippen molar-refractivity contribution in [3.05, 3.63) is 94.3 Å². The monoisotopic (exact) mass is 428 g/mol. The van der Waals surface area contributed by atoms with E-state index in [0.717, 1.165) is 15.5 Å². The predicted octanol–water partition coefficient (Wildman–Crippen LogP) is 4.79. The molecule has 6 nitrogen and oxygen atoms in total. The molecular formula is C24H16N2O4S. The maximum absolute atomic E-state index is 12.8. The van der Waals surface area contributed by atoms with Crippen molar-refractivity contribution in [3.8, 4) is 0 Å². The first kappa shape index (κ1) is 19.1. The van der Waals surface area contributed by atoms with Gasteiger partial charge in [-0.3, -0.25) is 9.59 Å². The first-order valence-corrected chi connectivity index (χ1v) is 10.4. The van der Waals surface area contributed by atoms with Crippen LogP contribution in [0.15, 0.2) is 91.8 Å². The zero-order valence-corrected chi connectivity index (χ0v) is 17.2. The molecule has 0 radical (unpaired) electrons. The lowest BCUT2D eigenvalue weighted by Gasteiger charge is -2.18. The molecule has 0 atom stereocenters. The third-order valence-corrected chi connectivity index (χ3v) is 6.23. The Bertz CT molecular complexity index is 1430. The van der Waals surface area contributed by atoms with Gasteiger partial charge in [-0.2, -0.15) is 0 Å². The smallest absolute Gasteiger partial charge is 0.349 e. The van der Waals surface area contributed by atoms with Crippen molar-refractivity contribution < 1.29 is 14.0 Å². The molecule has 1 aliphatic heterocycles. The molecule has 0 saturated carbocycles. The number of nitrogens with one attached hydrogen (secondary N) is 1. The van der Waals surface area contributed by atoms with Crippen molar-refractivity contribution in [2.24, 2.45) is 0 Å². The van der Waals surface area contributed by atoms with E-state index in [1.165, 1.54) is 17.8 Å². The fourth-order valence-electron chi connectivity index (χ4n) is 3.51. The summed E-state index contributed by atoms with van der Waals surface area (Å²) in [4.78, 5) is 41.1. The van der Waals surface area contributed by atoms with Gasteiger partial charge >= 0.3 is 5.63 Å². The highest BCUT2D eigenvalue weighted by molar-refractivity contribution is 7.99. The fraction of sp³-hybridized carbons (Fsp3) is 0.0417. The van der Waals surface area contributed by atoms with Gasteiger partial charge in [0.25, 0.3) is 11.8 Å². The van der Waals surface area contributed by atoms with Gasteiger partial charge in [0, 0.05) is 27.9 Å². The summed E-state index contributed by atoms with van der Waals surface area (Å²) in [5.74, 6) is -0.643. The van der Waals surface area contributed by atoms with E-state index in [1.807, 2.05) is 24.3 Å². The summed E-state index contributed by atoms with van der Waals surface area (Å²) in [6, 6.07) is 21.3. The summed E-state index contributed by atoms with van der Waals surface area (Å²) in [7, 11) is 1.72. The SMILES string of the molecule is CN1C(=O)c2ccccc2Sc2cc(NC(=O)c3cc4ccccc4oc3=O)ccc21. The highest BCUT2D eigenvalue weighted by Crippen LogP contribution is 2.42. The number of amides is 2. The van der Waals surface area contributed by atoms with Crippen LogP contribution in [0.4, 0.5) is 11.4 Å². The molecule has 0 bridgehead atoms. The number of carbonyl (C=O) groups excluding carboxylic acids is 2. The number of hydrogen-bond donors (Lipinski definition) is 1. The molecule has 7 heteroatoms. The summed E-state index contributed by atoms with van der Waals surface area (Å²) in [5, 5.41) is 3.44. The minimum Gasteiger partial charge on any atom is -0.422 e. The predicted molar refractivity (Wildman–Crippen MR) is 120 cm³/mol. The van der Waals surface area contributed by atoms with Crippen LogP contribution in [-0.4, -0.2) is 18.9 Å². The van der Waals surface area contributed by atoms with E-state index in [9.17, 15) is 14.4 Å². The van der Waals surface area contributed by atoms with Crippen LogP contribution in [0.1, 0.15) is 20.7 Å². The minimum absolute atomic E-state index is 0.0704. The first-order valence-electron chi connectivity index (χ1n) is 9.54. The molecule has 1 aliphatic rings. The molecule has 4 aromatic rings. The van der Waals surface area contributed by atoms with Gasteiger partial charge in [0.15, 0.2) is 0 Å². The number of fused-ring (bicyclic) bond motifs is 3. The molecule has 0 unspecified atom stereocenters. The van der Waals surface area contributed by atoms with Crippen LogP contribution in [0.3, 0.4) is 0 Å². The zero-order chi connectivity index (χ0) is 21.5. The average Bonchev–Trinajstić information content (AvgIpc) is 2.88. The van der Waals surface area contributed by atoms with E-state index in [1.54, 1.807) is 54.4 Å². The standard InChI is InChI=1S/C24H16N2O4S/c1-26-18-11-10-15(13-21(18)31-20-9-5-3-7-16(20)23(26)28)25-22(27)17-12-14-6-2-4-8-19(14)30-24(17)29/h2-13H,1H3,(H,25,27). The Morgan fingerprint density at radius 2 is 1.71 bits per heavy atom. The first-order chi connectivity index (χ1) is 15.0. The molecule has 0 spiro atoms. The Balaban J connectivity index is 1.49. The Kier molecular flexibility index (Phi) is 4.60. The molecule has 1 aromatic heterocycles. The van der Waals surface area contributed by atoms with Crippen molar-refractivity contribution in [2.75, 3.05) is 17.3 Å². The third-order valence-electron chi connectivity index (χ3n) is 5.11. The second kappa shape index (κ2) is 7.45. The highest BCUT2D eigenvalue weighted by Gasteiger charge is 2.25. The lowest BCUT2D eigenvalue weighted by atomic mass is 10.1. The van der Waals surface area contributed by atoms with Gasteiger partial charge in [-0.05, 0) is 42.5 Å². The summed E-state index contributed by atoms with van der Waals surface area (Å²) >= 11 is 1.46. The number of nitrogens with zero attached hydrogens (tertiary/aromatic N) is 1. The summed E-state index contributed by atoms with van der Waals surface area (Å²) in [5.41, 5.74) is 1.55. The number of para-hydroxylation sites is 1. The summed E-state index contributed by atoms with van der Waals surface area (Å²) in [6.07, 6.45) is 0. The summed E-state index contributed by atoms with van der Waals surface area (Å²) in [6.45, 7) is 0. The quantitative estimate of drug-likeness (QED) is 0.465. The Morgan fingerprint density at radius 1 is 0.935 bits per heavy atom. The molecular weight excluding hydrogens is 412 g/mol. The topological polar surface area (TPSA) is 79.6 Å². The molecule has 0 saturated heterocycles. The van der Waals surface area contributed by atoms with Crippen LogP contribution < -0.4 is 15.8 Å². The molecule has 31 heavy (non-hydrogen) atoms. The molecule has 0 aliphatic carbocycles. The van der Waals surface area contributed by atoms with E-state index in [2.05, 4.69) is 5.32 Å². The average molecular weight is 428 g/mol. The Morgan fingerprint density at radius 3 is 2.58 bits per heavy atom. The number of hydrogen-bond acceptors (Lipinski definition) is 5. The molecule has 5 rings (SSSR count). The van der Waals surface area contributed by atoms with E-state index in [4.69, 9.17) is 4.42 Å². The lowest BCUT2D eigenvalue weighted by Crippen LogP contribution is -2.26. The number of anilines is 2. The molecule has 152 valence electrons. The zero-order valence-electron chi connectivity index (χ0n) is 16.4. The van der Waals surface area contributed by atoms with Crippen molar-refractivity contribution in [2.45, 2.75) is 9.79 Å². The van der Waals surface area contributed by atoms with Gasteiger partial charge in [0.05, 0.1) is 11.3 Å². The molecule has 1 N–H and O–H groups in total. The molecule has 2 amide bonds. The number of benzene rings is 3. The number of rotatable bonds is 2. The Labute approximate surface area is 181 Å². The maximum atomic E-state index is 12.8.